The first-order chi connectivity index (χ1) is 11.0. The Hall–Kier alpha value is -2.96. The van der Waals surface area contributed by atoms with Crippen LogP contribution in [0.2, 0.25) is 0 Å². The number of likely N-dealkylation sites (N-methyl/N-ethyl adjacent to an activating group) is 1. The number of carbonyl (C=O) groups is 1. The summed E-state index contributed by atoms with van der Waals surface area (Å²) in [6.07, 6.45) is 1.09. The number of nitrogens with zero attached hydrogens (tertiary/aromatic N) is 3. The van der Waals surface area contributed by atoms with E-state index in [1.807, 2.05) is 37.3 Å². The van der Waals surface area contributed by atoms with Crippen molar-refractivity contribution in [2.75, 3.05) is 6.54 Å². The minimum atomic E-state index is -0.595. The lowest BCUT2D eigenvalue weighted by Gasteiger charge is -2.21. The molecular weight excluding hydrogens is 298 g/mol. The minimum Gasteiger partial charge on any atom is -0.337 e. The molecule has 1 amide bonds. The molecule has 0 unspecified atom stereocenters. The second-order valence-corrected chi connectivity index (χ2v) is 5.00. The number of carbonyl (C=O) groups excluding carboxylic acids is 1. The second-order valence-electron chi connectivity index (χ2n) is 5.00. The molecule has 0 aliphatic heterocycles. The Labute approximate surface area is 132 Å². The molecule has 1 aromatic heterocycles. The third-order valence-corrected chi connectivity index (χ3v) is 3.43. The van der Waals surface area contributed by atoms with E-state index >= 15 is 0 Å². The van der Waals surface area contributed by atoms with Crippen LogP contribution in [0.5, 0.6) is 0 Å². The zero-order valence-electron chi connectivity index (χ0n) is 12.7. The molecule has 120 valence electrons. The zero-order chi connectivity index (χ0) is 16.8. The van der Waals surface area contributed by atoms with Gasteiger partial charge in [-0.2, -0.15) is 0 Å². The lowest BCUT2D eigenvalue weighted by Crippen LogP contribution is -2.35. The Morgan fingerprint density at radius 3 is 2.52 bits per heavy atom. The van der Waals surface area contributed by atoms with Gasteiger partial charge in [0.25, 0.3) is 11.2 Å². The number of pyridine rings is 1. The van der Waals surface area contributed by atoms with Gasteiger partial charge in [0.15, 0.2) is 0 Å². The minimum absolute atomic E-state index is 0.219. The highest BCUT2D eigenvalue weighted by molar-refractivity contribution is 5.76. The van der Waals surface area contributed by atoms with Crippen LogP contribution in [0.15, 0.2) is 53.5 Å². The Morgan fingerprint density at radius 1 is 1.22 bits per heavy atom. The summed E-state index contributed by atoms with van der Waals surface area (Å²) >= 11 is 0. The predicted octanol–water partition coefficient (Wildman–Crippen LogP) is 1.81. The van der Waals surface area contributed by atoms with E-state index in [4.69, 9.17) is 0 Å². The Balaban J connectivity index is 2.15. The van der Waals surface area contributed by atoms with Crippen molar-refractivity contribution >= 4 is 11.6 Å². The van der Waals surface area contributed by atoms with Crippen molar-refractivity contribution in [2.24, 2.45) is 0 Å². The van der Waals surface area contributed by atoms with Crippen molar-refractivity contribution in [1.29, 1.82) is 0 Å². The van der Waals surface area contributed by atoms with Gasteiger partial charge in [0, 0.05) is 25.2 Å². The van der Waals surface area contributed by atoms with Crippen LogP contribution in [-0.4, -0.2) is 26.8 Å². The van der Waals surface area contributed by atoms with Crippen molar-refractivity contribution in [2.45, 2.75) is 20.0 Å². The molecule has 23 heavy (non-hydrogen) atoms. The van der Waals surface area contributed by atoms with Gasteiger partial charge < -0.3 is 4.90 Å². The van der Waals surface area contributed by atoms with Crippen LogP contribution in [-0.2, 0) is 17.9 Å². The van der Waals surface area contributed by atoms with Crippen LogP contribution < -0.4 is 5.56 Å². The third-order valence-electron chi connectivity index (χ3n) is 3.43. The molecule has 0 atom stereocenters. The van der Waals surface area contributed by atoms with Crippen LogP contribution in [0.1, 0.15) is 12.5 Å². The molecule has 0 saturated heterocycles. The SMILES string of the molecule is CCN(Cc1ccccc1)C(=O)Cn1cc([N+](=O)[O-])ccc1=O. The van der Waals surface area contributed by atoms with E-state index in [9.17, 15) is 19.7 Å². The van der Waals surface area contributed by atoms with E-state index in [-0.39, 0.29) is 18.1 Å². The highest BCUT2D eigenvalue weighted by Gasteiger charge is 2.15. The summed E-state index contributed by atoms with van der Waals surface area (Å²) in [5.74, 6) is -0.265. The number of nitro groups is 1. The van der Waals surface area contributed by atoms with Gasteiger partial charge in [0.05, 0.1) is 11.1 Å². The molecule has 7 nitrogen and oxygen atoms in total. The van der Waals surface area contributed by atoms with Crippen LogP contribution in [0.3, 0.4) is 0 Å². The second kappa shape index (κ2) is 7.35. The molecule has 7 heteroatoms. The van der Waals surface area contributed by atoms with Crippen LogP contribution in [0, 0.1) is 10.1 Å². The van der Waals surface area contributed by atoms with Crippen molar-refractivity contribution < 1.29 is 9.72 Å². The summed E-state index contributed by atoms with van der Waals surface area (Å²) in [6.45, 7) is 2.54. The number of amides is 1. The maximum Gasteiger partial charge on any atom is 0.285 e. The molecule has 0 radical (unpaired) electrons. The summed E-state index contributed by atoms with van der Waals surface area (Å²) in [4.78, 5) is 35.9. The molecule has 0 aliphatic rings. The number of aromatic nitrogens is 1. The van der Waals surface area contributed by atoms with E-state index < -0.39 is 10.5 Å². The van der Waals surface area contributed by atoms with E-state index in [0.29, 0.717) is 13.1 Å². The van der Waals surface area contributed by atoms with Crippen molar-refractivity contribution in [3.8, 4) is 0 Å². The molecule has 2 rings (SSSR count). The molecule has 0 bridgehead atoms. The number of rotatable bonds is 6. The molecule has 0 spiro atoms. The van der Waals surface area contributed by atoms with E-state index in [0.717, 1.165) is 28.5 Å². The van der Waals surface area contributed by atoms with Gasteiger partial charge in [-0.25, -0.2) is 0 Å². The Morgan fingerprint density at radius 2 is 1.91 bits per heavy atom. The van der Waals surface area contributed by atoms with Gasteiger partial charge in [-0.1, -0.05) is 30.3 Å². The first-order valence-electron chi connectivity index (χ1n) is 7.18. The fourth-order valence-corrected chi connectivity index (χ4v) is 2.18. The van der Waals surface area contributed by atoms with Gasteiger partial charge in [-0.05, 0) is 12.5 Å². The largest absolute Gasteiger partial charge is 0.337 e. The van der Waals surface area contributed by atoms with Gasteiger partial charge >= 0.3 is 0 Å². The zero-order valence-corrected chi connectivity index (χ0v) is 12.7. The van der Waals surface area contributed by atoms with E-state index in [1.54, 1.807) is 4.90 Å². The molecule has 2 aromatic rings. The maximum atomic E-state index is 12.4. The normalized spacial score (nSPS) is 10.3. The first-order valence-corrected chi connectivity index (χ1v) is 7.18. The van der Waals surface area contributed by atoms with Crippen molar-refractivity contribution in [3.63, 3.8) is 0 Å². The Kier molecular flexibility index (Phi) is 5.24. The molecule has 0 saturated carbocycles. The smallest absolute Gasteiger partial charge is 0.285 e. The summed E-state index contributed by atoms with van der Waals surface area (Å²) in [6, 6.07) is 11.7. The van der Waals surface area contributed by atoms with Crippen LogP contribution >= 0.6 is 0 Å². The summed E-state index contributed by atoms with van der Waals surface area (Å²) in [5, 5.41) is 10.8. The quantitative estimate of drug-likeness (QED) is 0.601. The van der Waals surface area contributed by atoms with Crippen LogP contribution in [0.4, 0.5) is 5.69 Å². The topological polar surface area (TPSA) is 85.4 Å². The Bertz CT molecular complexity index is 755. The van der Waals surface area contributed by atoms with Gasteiger partial charge in [0.1, 0.15) is 6.54 Å². The van der Waals surface area contributed by atoms with Crippen molar-refractivity contribution in [3.05, 3.63) is 74.7 Å². The number of benzene rings is 1. The van der Waals surface area contributed by atoms with Crippen LogP contribution in [0.25, 0.3) is 0 Å². The monoisotopic (exact) mass is 315 g/mol. The lowest BCUT2D eigenvalue weighted by atomic mass is 10.2. The molecule has 1 aromatic carbocycles. The van der Waals surface area contributed by atoms with Gasteiger partial charge in [0.2, 0.25) is 5.91 Å². The maximum absolute atomic E-state index is 12.4. The average Bonchev–Trinajstić information content (AvgIpc) is 2.55. The summed E-state index contributed by atoms with van der Waals surface area (Å²) in [7, 11) is 0. The highest BCUT2D eigenvalue weighted by atomic mass is 16.6. The fraction of sp³-hybridized carbons (Fsp3) is 0.250. The van der Waals surface area contributed by atoms with E-state index in [2.05, 4.69) is 0 Å². The molecule has 0 fully saturated rings. The van der Waals surface area contributed by atoms with Gasteiger partial charge in [-0.15, -0.1) is 0 Å². The number of hydrogen-bond acceptors (Lipinski definition) is 4. The van der Waals surface area contributed by atoms with Gasteiger partial charge in [-0.3, -0.25) is 24.3 Å². The lowest BCUT2D eigenvalue weighted by molar-refractivity contribution is -0.385. The molecule has 0 aliphatic carbocycles. The molecule has 0 N–H and O–H groups in total. The predicted molar refractivity (Wildman–Crippen MR) is 84.9 cm³/mol. The highest BCUT2D eigenvalue weighted by Crippen LogP contribution is 2.08. The average molecular weight is 315 g/mol. The van der Waals surface area contributed by atoms with E-state index in [1.165, 1.54) is 0 Å². The fourth-order valence-electron chi connectivity index (χ4n) is 2.18. The summed E-state index contributed by atoms with van der Waals surface area (Å²) in [5.41, 5.74) is 0.317. The first kappa shape index (κ1) is 16.4. The molecular formula is C16H17N3O4. The number of hydrogen-bond donors (Lipinski definition) is 0. The molecule has 1 heterocycles. The van der Waals surface area contributed by atoms with Crippen molar-refractivity contribution in [1.82, 2.24) is 9.47 Å². The standard InChI is InChI=1S/C16H17N3O4/c1-2-17(10-13-6-4-3-5-7-13)16(21)12-18-11-14(19(22)23)8-9-15(18)20/h3-9,11H,2,10,12H2,1H3. The summed E-state index contributed by atoms with van der Waals surface area (Å²) < 4.78 is 1.06. The third kappa shape index (κ3) is 4.26.